The number of ether oxygens (including phenoxy) is 1. The van der Waals surface area contributed by atoms with Crippen LogP contribution in [0.25, 0.3) is 0 Å². The van der Waals surface area contributed by atoms with E-state index in [0.29, 0.717) is 6.42 Å². The number of halogens is 3. The Balaban J connectivity index is 4.29. The third kappa shape index (κ3) is 6.23. The van der Waals surface area contributed by atoms with Gasteiger partial charge in [-0.3, -0.25) is 4.79 Å². The third-order valence-corrected chi connectivity index (χ3v) is 2.93. The molecule has 0 unspecified atom stereocenters. The molecule has 0 heterocycles. The fourth-order valence-electron chi connectivity index (χ4n) is 1.79. The van der Waals surface area contributed by atoms with Crippen LogP contribution in [0.15, 0.2) is 0 Å². The molecular formula is C12H22F3NO2. The summed E-state index contributed by atoms with van der Waals surface area (Å²) in [5.74, 6) is -2.17. The van der Waals surface area contributed by atoms with Crippen molar-refractivity contribution in [3.8, 4) is 0 Å². The van der Waals surface area contributed by atoms with Gasteiger partial charge < -0.3 is 10.5 Å². The number of alkyl halides is 3. The molecule has 2 atom stereocenters. The van der Waals surface area contributed by atoms with Crippen LogP contribution in [0.2, 0.25) is 0 Å². The smallest absolute Gasteiger partial charge is 0.404 e. The Morgan fingerprint density at radius 2 is 1.78 bits per heavy atom. The van der Waals surface area contributed by atoms with E-state index in [2.05, 4.69) is 11.7 Å². The molecule has 108 valence electrons. The number of rotatable bonds is 8. The second-order valence-electron chi connectivity index (χ2n) is 4.40. The van der Waals surface area contributed by atoms with E-state index in [1.54, 1.807) is 0 Å². The zero-order valence-corrected chi connectivity index (χ0v) is 10.9. The molecule has 0 aromatic rings. The van der Waals surface area contributed by atoms with Gasteiger partial charge in [0.05, 0.1) is 13.0 Å². The van der Waals surface area contributed by atoms with E-state index >= 15 is 0 Å². The summed E-state index contributed by atoms with van der Waals surface area (Å²) in [7, 11) is 1.08. The van der Waals surface area contributed by atoms with Crippen LogP contribution in [0, 0.1) is 5.92 Å². The Hall–Kier alpha value is -0.780. The first-order valence-corrected chi connectivity index (χ1v) is 6.24. The largest absolute Gasteiger partial charge is 0.469 e. The lowest BCUT2D eigenvalue weighted by molar-refractivity contribution is -0.175. The molecule has 0 saturated carbocycles. The Labute approximate surface area is 106 Å². The zero-order chi connectivity index (χ0) is 14.2. The minimum Gasteiger partial charge on any atom is -0.469 e. The molecule has 6 heteroatoms. The van der Waals surface area contributed by atoms with Gasteiger partial charge in [0, 0.05) is 0 Å². The maximum Gasteiger partial charge on any atom is 0.404 e. The zero-order valence-electron chi connectivity index (χ0n) is 10.9. The van der Waals surface area contributed by atoms with Crippen molar-refractivity contribution in [3.05, 3.63) is 0 Å². The molecule has 0 aliphatic heterocycles. The predicted octanol–water partition coefficient (Wildman–Crippen LogP) is 3.03. The first kappa shape index (κ1) is 17.2. The van der Waals surface area contributed by atoms with Crippen LogP contribution >= 0.6 is 0 Å². The standard InChI is InChI=1S/C12H22F3NO2/c1-3-4-5-6-7-8-9(11(17)18-2)10(16)12(13,14)15/h9-10H,3-8,16H2,1-2H3/t9-,10-/m0/s1. The van der Waals surface area contributed by atoms with Gasteiger partial charge in [-0.25, -0.2) is 0 Å². The van der Waals surface area contributed by atoms with Crippen molar-refractivity contribution >= 4 is 5.97 Å². The van der Waals surface area contributed by atoms with Gasteiger partial charge in [0.1, 0.15) is 6.04 Å². The molecule has 0 rings (SSSR count). The summed E-state index contributed by atoms with van der Waals surface area (Å²) in [5, 5.41) is 0. The van der Waals surface area contributed by atoms with Crippen molar-refractivity contribution in [1.29, 1.82) is 0 Å². The topological polar surface area (TPSA) is 52.3 Å². The van der Waals surface area contributed by atoms with Crippen molar-refractivity contribution in [1.82, 2.24) is 0 Å². The number of unbranched alkanes of at least 4 members (excludes halogenated alkanes) is 4. The Morgan fingerprint density at radius 3 is 2.22 bits per heavy atom. The molecule has 0 aromatic carbocycles. The maximum atomic E-state index is 12.5. The maximum absolute atomic E-state index is 12.5. The van der Waals surface area contributed by atoms with Crippen LogP contribution in [-0.4, -0.2) is 25.3 Å². The SMILES string of the molecule is CCCCCCC[C@H](C(=O)OC)[C@H](N)C(F)(F)F. The van der Waals surface area contributed by atoms with Gasteiger partial charge in [0.25, 0.3) is 0 Å². The first-order chi connectivity index (χ1) is 8.34. The molecule has 0 radical (unpaired) electrons. The highest BCUT2D eigenvalue weighted by Crippen LogP contribution is 2.28. The second kappa shape index (κ2) is 8.34. The van der Waals surface area contributed by atoms with Gasteiger partial charge in [-0.15, -0.1) is 0 Å². The summed E-state index contributed by atoms with van der Waals surface area (Å²) in [6.45, 7) is 2.05. The van der Waals surface area contributed by atoms with Crippen LogP contribution in [0.1, 0.15) is 45.4 Å². The number of nitrogens with two attached hydrogens (primary N) is 1. The number of hydrogen-bond donors (Lipinski definition) is 1. The van der Waals surface area contributed by atoms with E-state index in [1.165, 1.54) is 0 Å². The summed E-state index contributed by atoms with van der Waals surface area (Å²) in [6.07, 6.45) is -0.00282. The summed E-state index contributed by atoms with van der Waals surface area (Å²) in [4.78, 5) is 11.3. The molecule has 2 N–H and O–H groups in total. The van der Waals surface area contributed by atoms with Crippen molar-refractivity contribution in [3.63, 3.8) is 0 Å². The fraction of sp³-hybridized carbons (Fsp3) is 0.917. The van der Waals surface area contributed by atoms with Crippen molar-refractivity contribution in [2.45, 2.75) is 57.7 Å². The van der Waals surface area contributed by atoms with E-state index in [4.69, 9.17) is 5.73 Å². The average Bonchev–Trinajstić information content (AvgIpc) is 2.31. The minimum atomic E-state index is -4.57. The Bertz CT molecular complexity index is 244. The van der Waals surface area contributed by atoms with Crippen LogP contribution in [-0.2, 0) is 9.53 Å². The highest BCUT2D eigenvalue weighted by molar-refractivity contribution is 5.73. The van der Waals surface area contributed by atoms with Crippen LogP contribution in [0.3, 0.4) is 0 Å². The Morgan fingerprint density at radius 1 is 1.22 bits per heavy atom. The third-order valence-electron chi connectivity index (χ3n) is 2.93. The van der Waals surface area contributed by atoms with Crippen LogP contribution < -0.4 is 5.73 Å². The normalized spacial score (nSPS) is 15.2. The Kier molecular flexibility index (Phi) is 7.98. The van der Waals surface area contributed by atoms with E-state index in [9.17, 15) is 18.0 Å². The van der Waals surface area contributed by atoms with Gasteiger partial charge in [-0.2, -0.15) is 13.2 Å². The van der Waals surface area contributed by atoms with E-state index in [1.807, 2.05) is 0 Å². The van der Waals surface area contributed by atoms with Crippen molar-refractivity contribution < 1.29 is 22.7 Å². The lowest BCUT2D eigenvalue weighted by Gasteiger charge is -2.23. The molecule has 3 nitrogen and oxygen atoms in total. The molecule has 0 fully saturated rings. The summed E-state index contributed by atoms with van der Waals surface area (Å²) in [6, 6.07) is -2.14. The van der Waals surface area contributed by atoms with Crippen LogP contribution in [0.4, 0.5) is 13.2 Å². The van der Waals surface area contributed by atoms with E-state index in [0.717, 1.165) is 32.8 Å². The minimum absolute atomic E-state index is 0.122. The highest BCUT2D eigenvalue weighted by Gasteiger charge is 2.45. The molecule has 0 bridgehead atoms. The average molecular weight is 269 g/mol. The monoisotopic (exact) mass is 269 g/mol. The lowest BCUT2D eigenvalue weighted by Crippen LogP contribution is -2.47. The number of carbonyl (C=O) groups is 1. The summed E-state index contributed by atoms with van der Waals surface area (Å²) < 4.78 is 41.9. The van der Waals surface area contributed by atoms with Crippen LogP contribution in [0.5, 0.6) is 0 Å². The van der Waals surface area contributed by atoms with E-state index < -0.39 is 24.1 Å². The summed E-state index contributed by atoms with van der Waals surface area (Å²) in [5.41, 5.74) is 5.09. The number of esters is 1. The van der Waals surface area contributed by atoms with Gasteiger partial charge in [0.2, 0.25) is 0 Å². The molecule has 0 spiro atoms. The van der Waals surface area contributed by atoms with Gasteiger partial charge in [-0.1, -0.05) is 39.0 Å². The van der Waals surface area contributed by atoms with Crippen molar-refractivity contribution in [2.75, 3.05) is 7.11 Å². The molecule has 0 saturated heterocycles. The molecule has 18 heavy (non-hydrogen) atoms. The molecular weight excluding hydrogens is 247 g/mol. The predicted molar refractivity (Wildman–Crippen MR) is 62.9 cm³/mol. The quantitative estimate of drug-likeness (QED) is 0.544. The number of methoxy groups -OCH3 is 1. The number of hydrogen-bond acceptors (Lipinski definition) is 3. The molecule has 0 amide bonds. The van der Waals surface area contributed by atoms with Gasteiger partial charge >= 0.3 is 12.1 Å². The fourth-order valence-corrected chi connectivity index (χ4v) is 1.79. The van der Waals surface area contributed by atoms with Gasteiger partial charge in [-0.05, 0) is 6.42 Å². The van der Waals surface area contributed by atoms with E-state index in [-0.39, 0.29) is 6.42 Å². The lowest BCUT2D eigenvalue weighted by atomic mass is 9.93. The second-order valence-corrected chi connectivity index (χ2v) is 4.40. The van der Waals surface area contributed by atoms with Crippen molar-refractivity contribution in [2.24, 2.45) is 11.7 Å². The summed E-state index contributed by atoms with van der Waals surface area (Å²) >= 11 is 0. The first-order valence-electron chi connectivity index (χ1n) is 6.24. The highest BCUT2D eigenvalue weighted by atomic mass is 19.4. The van der Waals surface area contributed by atoms with Gasteiger partial charge in [0.15, 0.2) is 0 Å². The molecule has 0 aliphatic rings. The molecule has 0 aliphatic carbocycles. The number of carbonyl (C=O) groups excluding carboxylic acids is 1. The molecule has 0 aromatic heterocycles.